The molecule has 3 aromatic heterocycles. The maximum absolute atomic E-state index is 6.72. The summed E-state index contributed by atoms with van der Waals surface area (Å²) in [7, 11) is 0. The molecule has 3 heteroatoms. The highest BCUT2D eigenvalue weighted by Crippen LogP contribution is 2.57. The number of pyridine rings is 1. The second kappa shape index (κ2) is 6.39. The lowest BCUT2D eigenvalue weighted by atomic mass is 9.80. The summed E-state index contributed by atoms with van der Waals surface area (Å²) in [6.07, 6.45) is 3.76. The second-order valence-corrected chi connectivity index (χ2v) is 10.0. The highest BCUT2D eigenvalue weighted by molar-refractivity contribution is 6.29. The van der Waals surface area contributed by atoms with Crippen LogP contribution in [0, 0.1) is 0 Å². The lowest BCUT2D eigenvalue weighted by Gasteiger charge is -2.23. The molecule has 3 nitrogen and oxygen atoms in total. The van der Waals surface area contributed by atoms with Crippen molar-refractivity contribution >= 4 is 43.7 Å². The second-order valence-electron chi connectivity index (χ2n) is 10.0. The molecule has 35 heavy (non-hydrogen) atoms. The molecule has 0 saturated heterocycles. The van der Waals surface area contributed by atoms with Gasteiger partial charge in [-0.15, -0.1) is 0 Å². The third-order valence-electron chi connectivity index (χ3n) is 7.83. The van der Waals surface area contributed by atoms with E-state index in [9.17, 15) is 0 Å². The van der Waals surface area contributed by atoms with E-state index in [0.29, 0.717) is 0 Å². The topological polar surface area (TPSA) is 31.0 Å². The Morgan fingerprint density at radius 1 is 0.771 bits per heavy atom. The van der Waals surface area contributed by atoms with E-state index in [4.69, 9.17) is 4.42 Å². The van der Waals surface area contributed by atoms with Gasteiger partial charge in [0.15, 0.2) is 5.58 Å². The quantitative estimate of drug-likeness (QED) is 0.251. The van der Waals surface area contributed by atoms with Gasteiger partial charge in [-0.3, -0.25) is 4.98 Å². The van der Waals surface area contributed by atoms with Crippen molar-refractivity contribution < 1.29 is 4.42 Å². The predicted octanol–water partition coefficient (Wildman–Crippen LogP) is 8.38. The van der Waals surface area contributed by atoms with E-state index in [2.05, 4.69) is 102 Å². The summed E-state index contributed by atoms with van der Waals surface area (Å²) in [6, 6.07) is 30.1. The molecule has 0 amide bonds. The Labute approximate surface area is 202 Å². The maximum Gasteiger partial charge on any atom is 0.160 e. The van der Waals surface area contributed by atoms with Crippen LogP contribution in [0.25, 0.3) is 60.6 Å². The Bertz CT molecular complexity index is 1970. The third-order valence-corrected chi connectivity index (χ3v) is 7.83. The molecule has 0 atom stereocenters. The smallest absolute Gasteiger partial charge is 0.160 e. The molecule has 0 aliphatic heterocycles. The van der Waals surface area contributed by atoms with Gasteiger partial charge in [0.05, 0.1) is 22.9 Å². The molecule has 0 saturated carbocycles. The van der Waals surface area contributed by atoms with Crippen LogP contribution in [0.1, 0.15) is 25.0 Å². The van der Waals surface area contributed by atoms with Crippen LogP contribution in [0.5, 0.6) is 0 Å². The number of fused-ring (bicyclic) bond motifs is 12. The zero-order valence-corrected chi connectivity index (χ0v) is 19.5. The van der Waals surface area contributed by atoms with Gasteiger partial charge in [-0.05, 0) is 46.5 Å². The SMILES string of the molecule is CC1(C)c2ccccc2-c2c1c1c3ccccc3n(-c3cccnc3)c1c1oc3ccccc3c21. The first-order valence-electron chi connectivity index (χ1n) is 12.1. The first kappa shape index (κ1) is 19.0. The lowest BCUT2D eigenvalue weighted by molar-refractivity contribution is 0.663. The van der Waals surface area contributed by atoms with Crippen molar-refractivity contribution in [3.63, 3.8) is 0 Å². The van der Waals surface area contributed by atoms with Crippen molar-refractivity contribution in [2.45, 2.75) is 19.3 Å². The van der Waals surface area contributed by atoms with Gasteiger partial charge in [-0.25, -0.2) is 0 Å². The Morgan fingerprint density at radius 2 is 1.54 bits per heavy atom. The van der Waals surface area contributed by atoms with Gasteiger partial charge >= 0.3 is 0 Å². The Kier molecular flexibility index (Phi) is 3.47. The molecular formula is C32H22N2O. The Morgan fingerprint density at radius 3 is 2.40 bits per heavy atom. The molecule has 4 aromatic carbocycles. The number of nitrogens with zero attached hydrogens (tertiary/aromatic N) is 2. The summed E-state index contributed by atoms with van der Waals surface area (Å²) in [5.41, 5.74) is 10.4. The van der Waals surface area contributed by atoms with Gasteiger partial charge in [0.25, 0.3) is 0 Å². The van der Waals surface area contributed by atoms with E-state index in [1.165, 1.54) is 38.4 Å². The summed E-state index contributed by atoms with van der Waals surface area (Å²) >= 11 is 0. The fraction of sp³-hybridized carbons (Fsp3) is 0.0938. The average molecular weight is 451 g/mol. The molecule has 1 aliphatic rings. The molecule has 7 aromatic rings. The van der Waals surface area contributed by atoms with Gasteiger partial charge < -0.3 is 8.98 Å². The van der Waals surface area contributed by atoms with E-state index in [-0.39, 0.29) is 5.41 Å². The van der Waals surface area contributed by atoms with Gasteiger partial charge in [0, 0.05) is 33.2 Å². The van der Waals surface area contributed by atoms with Gasteiger partial charge in [-0.1, -0.05) is 74.5 Å². The van der Waals surface area contributed by atoms with E-state index in [0.717, 1.165) is 33.3 Å². The molecule has 8 rings (SSSR count). The molecule has 0 spiro atoms. The first-order valence-corrected chi connectivity index (χ1v) is 12.1. The molecule has 0 radical (unpaired) electrons. The van der Waals surface area contributed by atoms with Crippen molar-refractivity contribution in [2.24, 2.45) is 0 Å². The molecule has 3 heterocycles. The van der Waals surface area contributed by atoms with Crippen molar-refractivity contribution in [3.05, 3.63) is 108 Å². The van der Waals surface area contributed by atoms with Crippen LogP contribution >= 0.6 is 0 Å². The van der Waals surface area contributed by atoms with Gasteiger partial charge in [0.1, 0.15) is 5.58 Å². The summed E-state index contributed by atoms with van der Waals surface area (Å²) in [5, 5.41) is 4.88. The van der Waals surface area contributed by atoms with E-state index in [1.807, 2.05) is 18.5 Å². The number of hydrogen-bond acceptors (Lipinski definition) is 2. The van der Waals surface area contributed by atoms with Crippen LogP contribution in [0.15, 0.2) is 102 Å². The maximum atomic E-state index is 6.72. The molecular weight excluding hydrogens is 428 g/mol. The summed E-state index contributed by atoms with van der Waals surface area (Å²) < 4.78 is 9.06. The largest absolute Gasteiger partial charge is 0.454 e. The van der Waals surface area contributed by atoms with E-state index < -0.39 is 0 Å². The normalized spacial score (nSPS) is 14.2. The Balaban J connectivity index is 1.75. The number of aromatic nitrogens is 2. The highest BCUT2D eigenvalue weighted by Gasteiger charge is 2.41. The number of para-hydroxylation sites is 2. The molecule has 0 fully saturated rings. The van der Waals surface area contributed by atoms with Crippen LogP contribution in [-0.2, 0) is 5.41 Å². The van der Waals surface area contributed by atoms with Crippen molar-refractivity contribution in [1.82, 2.24) is 9.55 Å². The molecule has 0 bridgehead atoms. The van der Waals surface area contributed by atoms with Crippen LogP contribution < -0.4 is 0 Å². The minimum Gasteiger partial charge on any atom is -0.454 e. The summed E-state index contributed by atoms with van der Waals surface area (Å²) in [4.78, 5) is 4.46. The molecule has 166 valence electrons. The minimum absolute atomic E-state index is 0.152. The zero-order chi connectivity index (χ0) is 23.3. The van der Waals surface area contributed by atoms with Crippen molar-refractivity contribution in [2.75, 3.05) is 0 Å². The first-order chi connectivity index (χ1) is 17.2. The fourth-order valence-electron chi connectivity index (χ4n) is 6.45. The van der Waals surface area contributed by atoms with E-state index >= 15 is 0 Å². The summed E-state index contributed by atoms with van der Waals surface area (Å²) in [6.45, 7) is 4.72. The van der Waals surface area contributed by atoms with Crippen LogP contribution in [0.4, 0.5) is 0 Å². The highest BCUT2D eigenvalue weighted by atomic mass is 16.3. The average Bonchev–Trinajstić information content (AvgIpc) is 3.51. The number of furan rings is 1. The zero-order valence-electron chi connectivity index (χ0n) is 19.5. The number of hydrogen-bond donors (Lipinski definition) is 0. The van der Waals surface area contributed by atoms with Gasteiger partial charge in [-0.2, -0.15) is 0 Å². The van der Waals surface area contributed by atoms with Crippen molar-refractivity contribution in [3.8, 4) is 16.8 Å². The summed E-state index contributed by atoms with van der Waals surface area (Å²) in [5.74, 6) is 0. The molecule has 1 aliphatic carbocycles. The van der Waals surface area contributed by atoms with Gasteiger partial charge in [0.2, 0.25) is 0 Å². The Hall–Kier alpha value is -4.37. The van der Waals surface area contributed by atoms with Crippen LogP contribution in [-0.4, -0.2) is 9.55 Å². The number of rotatable bonds is 1. The molecule has 0 unspecified atom stereocenters. The minimum atomic E-state index is -0.152. The standard InChI is InChI=1S/C32H22N2O/c1-32(2)23-14-6-3-11-20(23)26-27-22-13-5-8-16-25(22)35-31(27)30-28(29(26)32)21-12-4-7-15-24(21)34(30)19-10-9-17-33-18-19/h3-18H,1-2H3. The van der Waals surface area contributed by atoms with Crippen LogP contribution in [0.2, 0.25) is 0 Å². The predicted molar refractivity (Wildman–Crippen MR) is 143 cm³/mol. The third kappa shape index (κ3) is 2.23. The lowest BCUT2D eigenvalue weighted by Crippen LogP contribution is -2.15. The van der Waals surface area contributed by atoms with Crippen molar-refractivity contribution in [1.29, 1.82) is 0 Å². The number of benzene rings is 4. The fourth-order valence-corrected chi connectivity index (χ4v) is 6.45. The van der Waals surface area contributed by atoms with E-state index in [1.54, 1.807) is 0 Å². The molecule has 0 N–H and O–H groups in total. The van der Waals surface area contributed by atoms with Crippen LogP contribution in [0.3, 0.4) is 0 Å². The monoisotopic (exact) mass is 450 g/mol.